The standard InChI is InChI=1S/C22H21ClF3N3OS/c23-17-10-7-14(22(24,25)26)11-16(17)20(30)28-15-8-5-13(6-9-15)12-27-21-29-18-3-1-2-4-19(18)31-21/h1-4,7,10-11,13,15H,5-6,8-9,12H2,(H,27,29)(H,28,30). The van der Waals surface area contributed by atoms with E-state index in [9.17, 15) is 18.0 Å². The molecule has 1 heterocycles. The Labute approximate surface area is 186 Å². The molecule has 4 rings (SSSR count). The summed E-state index contributed by atoms with van der Waals surface area (Å²) < 4.78 is 40.0. The normalized spacial score (nSPS) is 19.4. The molecule has 2 aromatic carbocycles. The summed E-state index contributed by atoms with van der Waals surface area (Å²) >= 11 is 7.59. The third kappa shape index (κ3) is 5.30. The number of hydrogen-bond acceptors (Lipinski definition) is 4. The van der Waals surface area contributed by atoms with Crippen molar-refractivity contribution in [2.45, 2.75) is 37.9 Å². The second-order valence-corrected chi connectivity index (χ2v) is 9.19. The van der Waals surface area contributed by atoms with Gasteiger partial charge >= 0.3 is 6.18 Å². The Kier molecular flexibility index (Phi) is 6.39. The zero-order chi connectivity index (χ0) is 22.0. The Hall–Kier alpha value is -2.32. The van der Waals surface area contributed by atoms with Crippen molar-refractivity contribution in [2.24, 2.45) is 5.92 Å². The van der Waals surface area contributed by atoms with Crippen molar-refractivity contribution in [1.29, 1.82) is 0 Å². The van der Waals surface area contributed by atoms with Crippen molar-refractivity contribution in [3.8, 4) is 0 Å². The minimum Gasteiger partial charge on any atom is -0.361 e. The van der Waals surface area contributed by atoms with Crippen LogP contribution in [0.5, 0.6) is 0 Å². The number of alkyl halides is 3. The largest absolute Gasteiger partial charge is 0.416 e. The van der Waals surface area contributed by atoms with Crippen LogP contribution in [0.1, 0.15) is 41.6 Å². The fourth-order valence-corrected chi connectivity index (χ4v) is 4.91. The summed E-state index contributed by atoms with van der Waals surface area (Å²) in [5.74, 6) is -0.107. The van der Waals surface area contributed by atoms with E-state index in [0.29, 0.717) is 5.92 Å². The smallest absolute Gasteiger partial charge is 0.361 e. The van der Waals surface area contributed by atoms with Crippen molar-refractivity contribution in [3.63, 3.8) is 0 Å². The Morgan fingerprint density at radius 3 is 2.58 bits per heavy atom. The Bertz CT molecular complexity index is 1040. The van der Waals surface area contributed by atoms with Crippen LogP contribution < -0.4 is 10.6 Å². The topological polar surface area (TPSA) is 54.0 Å². The molecule has 1 saturated carbocycles. The SMILES string of the molecule is O=C(NC1CCC(CNc2nc3ccccc3s2)CC1)c1cc(C(F)(F)F)ccc1Cl. The maximum atomic E-state index is 12.9. The fraction of sp³-hybridized carbons (Fsp3) is 0.364. The number of carbonyl (C=O) groups is 1. The van der Waals surface area contributed by atoms with Gasteiger partial charge in [-0.25, -0.2) is 4.98 Å². The van der Waals surface area contributed by atoms with Gasteiger partial charge < -0.3 is 10.6 Å². The first-order valence-corrected chi connectivity index (χ1v) is 11.3. The Morgan fingerprint density at radius 2 is 1.87 bits per heavy atom. The van der Waals surface area contributed by atoms with Gasteiger partial charge in [-0.05, 0) is 61.9 Å². The van der Waals surface area contributed by atoms with Crippen molar-refractivity contribution < 1.29 is 18.0 Å². The molecular formula is C22H21ClF3N3OS. The van der Waals surface area contributed by atoms with Crippen molar-refractivity contribution in [2.75, 3.05) is 11.9 Å². The number of aromatic nitrogens is 1. The van der Waals surface area contributed by atoms with E-state index in [2.05, 4.69) is 15.6 Å². The van der Waals surface area contributed by atoms with Gasteiger partial charge in [0.2, 0.25) is 0 Å². The molecule has 4 nitrogen and oxygen atoms in total. The monoisotopic (exact) mass is 467 g/mol. The molecule has 0 saturated heterocycles. The highest BCUT2D eigenvalue weighted by atomic mass is 35.5. The molecule has 0 bridgehead atoms. The van der Waals surface area contributed by atoms with Crippen molar-refractivity contribution in [1.82, 2.24) is 10.3 Å². The summed E-state index contributed by atoms with van der Waals surface area (Å²) in [5, 5.41) is 7.17. The quantitative estimate of drug-likeness (QED) is 0.458. The van der Waals surface area contributed by atoms with E-state index in [0.717, 1.165) is 65.8 Å². The summed E-state index contributed by atoms with van der Waals surface area (Å²) in [5.41, 5.74) is -0.0440. The number of rotatable bonds is 5. The van der Waals surface area contributed by atoms with Gasteiger partial charge in [0.05, 0.1) is 26.4 Å². The lowest BCUT2D eigenvalue weighted by Crippen LogP contribution is -2.38. The molecule has 0 unspecified atom stereocenters. The molecule has 164 valence electrons. The van der Waals surface area contributed by atoms with E-state index in [4.69, 9.17) is 11.6 Å². The molecule has 0 spiro atoms. The molecule has 2 N–H and O–H groups in total. The summed E-state index contributed by atoms with van der Waals surface area (Å²) in [4.78, 5) is 17.1. The van der Waals surface area contributed by atoms with E-state index < -0.39 is 17.6 Å². The average molecular weight is 468 g/mol. The first kappa shape index (κ1) is 21.9. The third-order valence-electron chi connectivity index (χ3n) is 5.56. The molecule has 9 heteroatoms. The second kappa shape index (κ2) is 9.04. The lowest BCUT2D eigenvalue weighted by atomic mass is 9.86. The van der Waals surface area contributed by atoms with Crippen LogP contribution in [-0.2, 0) is 6.18 Å². The van der Waals surface area contributed by atoms with Gasteiger partial charge in [0.1, 0.15) is 0 Å². The maximum absolute atomic E-state index is 12.9. The molecule has 0 aliphatic heterocycles. The van der Waals surface area contributed by atoms with E-state index >= 15 is 0 Å². The Morgan fingerprint density at radius 1 is 1.13 bits per heavy atom. The molecule has 0 radical (unpaired) electrons. The highest BCUT2D eigenvalue weighted by Crippen LogP contribution is 2.32. The highest BCUT2D eigenvalue weighted by Gasteiger charge is 2.32. The molecule has 31 heavy (non-hydrogen) atoms. The Balaban J connectivity index is 1.28. The van der Waals surface area contributed by atoms with Crippen LogP contribution in [0.25, 0.3) is 10.2 Å². The predicted octanol–water partition coefficient (Wildman–Crippen LogP) is 6.37. The second-order valence-electron chi connectivity index (χ2n) is 7.75. The first-order chi connectivity index (χ1) is 14.8. The molecule has 1 aliphatic carbocycles. The molecule has 0 atom stereocenters. The number of benzene rings is 2. The number of halogens is 4. The maximum Gasteiger partial charge on any atom is 0.416 e. The van der Waals surface area contributed by atoms with Crippen LogP contribution in [0.15, 0.2) is 42.5 Å². The number of amides is 1. The van der Waals surface area contributed by atoms with Gasteiger partial charge in [-0.15, -0.1) is 0 Å². The number of para-hydroxylation sites is 1. The van der Waals surface area contributed by atoms with Gasteiger partial charge in [0.25, 0.3) is 5.91 Å². The van der Waals surface area contributed by atoms with Crippen LogP contribution in [0.2, 0.25) is 5.02 Å². The average Bonchev–Trinajstić information content (AvgIpc) is 3.15. The lowest BCUT2D eigenvalue weighted by molar-refractivity contribution is -0.137. The molecule has 1 aliphatic rings. The number of fused-ring (bicyclic) bond motifs is 1. The van der Waals surface area contributed by atoms with E-state index in [-0.39, 0.29) is 16.6 Å². The van der Waals surface area contributed by atoms with Crippen LogP contribution in [0, 0.1) is 5.92 Å². The van der Waals surface area contributed by atoms with Gasteiger partial charge in [-0.1, -0.05) is 35.1 Å². The fourth-order valence-electron chi connectivity index (χ4n) is 3.83. The van der Waals surface area contributed by atoms with Crippen LogP contribution in [0.3, 0.4) is 0 Å². The van der Waals surface area contributed by atoms with Gasteiger partial charge in [0, 0.05) is 12.6 Å². The number of anilines is 1. The van der Waals surface area contributed by atoms with Crippen LogP contribution in [0.4, 0.5) is 18.3 Å². The van der Waals surface area contributed by atoms with E-state index in [1.807, 2.05) is 24.3 Å². The summed E-state index contributed by atoms with van der Waals surface area (Å²) in [7, 11) is 0. The minimum absolute atomic E-state index is 0.0132. The molecular weight excluding hydrogens is 447 g/mol. The zero-order valence-electron chi connectivity index (χ0n) is 16.5. The van der Waals surface area contributed by atoms with Crippen LogP contribution in [-0.4, -0.2) is 23.5 Å². The number of carbonyl (C=O) groups excluding carboxylic acids is 1. The minimum atomic E-state index is -4.52. The van der Waals surface area contributed by atoms with Crippen molar-refractivity contribution in [3.05, 3.63) is 58.6 Å². The van der Waals surface area contributed by atoms with E-state index in [1.54, 1.807) is 11.3 Å². The first-order valence-electron chi connectivity index (χ1n) is 10.1. The summed E-state index contributed by atoms with van der Waals surface area (Å²) in [6.07, 6.45) is -1.14. The number of thiazole rings is 1. The van der Waals surface area contributed by atoms with Crippen molar-refractivity contribution >= 4 is 44.2 Å². The summed E-state index contributed by atoms with van der Waals surface area (Å²) in [6.45, 7) is 0.806. The predicted molar refractivity (Wildman–Crippen MR) is 118 cm³/mol. The van der Waals surface area contributed by atoms with E-state index in [1.165, 1.54) is 0 Å². The van der Waals surface area contributed by atoms with Crippen LogP contribution >= 0.6 is 22.9 Å². The van der Waals surface area contributed by atoms with Gasteiger partial charge in [-0.3, -0.25) is 4.79 Å². The third-order valence-corrected chi connectivity index (χ3v) is 6.88. The number of nitrogens with one attached hydrogen (secondary N) is 2. The highest BCUT2D eigenvalue weighted by molar-refractivity contribution is 7.22. The molecule has 1 fully saturated rings. The van der Waals surface area contributed by atoms with Gasteiger partial charge in [-0.2, -0.15) is 13.2 Å². The number of nitrogens with zero attached hydrogens (tertiary/aromatic N) is 1. The number of hydrogen-bond donors (Lipinski definition) is 2. The zero-order valence-corrected chi connectivity index (χ0v) is 18.1. The lowest BCUT2D eigenvalue weighted by Gasteiger charge is -2.29. The summed E-state index contributed by atoms with van der Waals surface area (Å²) in [6, 6.07) is 10.7. The molecule has 3 aromatic rings. The molecule has 1 amide bonds. The van der Waals surface area contributed by atoms with Gasteiger partial charge in [0.15, 0.2) is 5.13 Å². The molecule has 1 aromatic heterocycles.